The number of likely N-dealkylation sites (tertiary alicyclic amines) is 1. The molecule has 1 aliphatic rings. The van der Waals surface area contributed by atoms with Gasteiger partial charge in [-0.25, -0.2) is 9.97 Å². The van der Waals surface area contributed by atoms with Crippen LogP contribution in [0.5, 0.6) is 0 Å². The zero-order chi connectivity index (χ0) is 20.1. The van der Waals surface area contributed by atoms with Crippen molar-refractivity contribution in [2.24, 2.45) is 0 Å². The first-order valence-electron chi connectivity index (χ1n) is 9.73. The molecule has 1 amide bonds. The Kier molecular flexibility index (Phi) is 3.97. The number of imidazole rings is 1. The van der Waals surface area contributed by atoms with E-state index in [-0.39, 0.29) is 24.3 Å². The second-order valence-electron chi connectivity index (χ2n) is 7.50. The highest BCUT2D eigenvalue weighted by Crippen LogP contribution is 2.32. The summed E-state index contributed by atoms with van der Waals surface area (Å²) < 4.78 is 1.60. The number of nitrogens with zero attached hydrogens (tertiary/aromatic N) is 6. The first kappa shape index (κ1) is 17.6. The molecule has 1 aliphatic heterocycles. The van der Waals surface area contributed by atoms with Crippen molar-refractivity contribution in [2.75, 3.05) is 12.3 Å². The quantitative estimate of drug-likeness (QED) is 0.553. The number of aromatic amines is 1. The maximum Gasteiger partial charge on any atom is 0.254 e. The third kappa shape index (κ3) is 2.89. The molecule has 1 fully saturated rings. The molecule has 3 N–H and O–H groups in total. The van der Waals surface area contributed by atoms with Gasteiger partial charge in [-0.2, -0.15) is 9.50 Å². The number of nitrogens with one attached hydrogen (secondary N) is 1. The van der Waals surface area contributed by atoms with E-state index in [1.807, 2.05) is 43.0 Å². The molecule has 1 saturated heterocycles. The van der Waals surface area contributed by atoms with Crippen molar-refractivity contribution in [3.05, 3.63) is 47.0 Å². The second kappa shape index (κ2) is 6.54. The zero-order valence-electron chi connectivity index (χ0n) is 16.4. The van der Waals surface area contributed by atoms with Crippen LogP contribution in [0.3, 0.4) is 0 Å². The number of nitrogen functional groups attached to an aromatic ring is 1. The van der Waals surface area contributed by atoms with E-state index in [0.717, 1.165) is 53.2 Å². The Balaban J connectivity index is 1.45. The molecule has 4 heterocycles. The zero-order valence-corrected chi connectivity index (χ0v) is 16.4. The topological polar surface area (TPSA) is 118 Å². The van der Waals surface area contributed by atoms with Crippen LogP contribution in [0.2, 0.25) is 0 Å². The van der Waals surface area contributed by atoms with Gasteiger partial charge in [0.2, 0.25) is 11.9 Å². The van der Waals surface area contributed by atoms with Crippen molar-refractivity contribution in [3.63, 3.8) is 0 Å². The van der Waals surface area contributed by atoms with Gasteiger partial charge < -0.3 is 15.6 Å². The number of aryl methyl sites for hydroxylation is 2. The molecule has 0 saturated carbocycles. The summed E-state index contributed by atoms with van der Waals surface area (Å²) in [7, 11) is 0. The molecular weight excluding hydrogens is 368 g/mol. The number of hydrogen-bond donors (Lipinski definition) is 2. The number of H-pyrrole nitrogens is 1. The molecule has 5 rings (SSSR count). The lowest BCUT2D eigenvalue weighted by molar-refractivity contribution is -0.131. The largest absolute Gasteiger partial charge is 0.366 e. The normalized spacial score (nSPS) is 16.9. The number of amides is 1. The van der Waals surface area contributed by atoms with E-state index in [9.17, 15) is 4.79 Å². The van der Waals surface area contributed by atoms with Gasteiger partial charge in [0, 0.05) is 23.5 Å². The number of para-hydroxylation sites is 2. The number of benzene rings is 1. The molecule has 29 heavy (non-hydrogen) atoms. The van der Waals surface area contributed by atoms with Crippen molar-refractivity contribution in [1.29, 1.82) is 0 Å². The fraction of sp³-hybridized carbons (Fsp3) is 0.350. The first-order valence-corrected chi connectivity index (χ1v) is 9.73. The van der Waals surface area contributed by atoms with Crippen LogP contribution < -0.4 is 5.73 Å². The smallest absolute Gasteiger partial charge is 0.254 e. The summed E-state index contributed by atoms with van der Waals surface area (Å²) in [5.41, 5.74) is 10.1. The number of carbonyl (C=O) groups excluding carboxylic acids is 1. The number of carbonyl (C=O) groups is 1. The van der Waals surface area contributed by atoms with Crippen molar-refractivity contribution in [2.45, 2.75) is 39.2 Å². The SMILES string of the molecule is Cc1nc2nc(N)nn2c(C)c1CC(=O)N1CCCC1c1nc2ccccc2[nH]1. The van der Waals surface area contributed by atoms with Crippen molar-refractivity contribution >= 4 is 28.7 Å². The fourth-order valence-corrected chi connectivity index (χ4v) is 4.21. The Hall–Kier alpha value is -3.49. The summed E-state index contributed by atoms with van der Waals surface area (Å²) in [6, 6.07) is 7.90. The molecule has 1 atom stereocenters. The monoisotopic (exact) mass is 390 g/mol. The van der Waals surface area contributed by atoms with Gasteiger partial charge in [0.05, 0.1) is 23.5 Å². The molecule has 0 aliphatic carbocycles. The summed E-state index contributed by atoms with van der Waals surface area (Å²) in [4.78, 5) is 31.8. The van der Waals surface area contributed by atoms with Gasteiger partial charge in [0.15, 0.2) is 0 Å². The van der Waals surface area contributed by atoms with Gasteiger partial charge in [-0.3, -0.25) is 4.79 Å². The molecule has 4 aromatic rings. The summed E-state index contributed by atoms with van der Waals surface area (Å²) in [6.07, 6.45) is 2.12. The lowest BCUT2D eigenvalue weighted by Gasteiger charge is -2.24. The minimum atomic E-state index is -0.0331. The summed E-state index contributed by atoms with van der Waals surface area (Å²) in [5.74, 6) is 1.54. The Morgan fingerprint density at radius 2 is 2.07 bits per heavy atom. The number of anilines is 1. The van der Waals surface area contributed by atoms with Gasteiger partial charge >= 0.3 is 0 Å². The van der Waals surface area contributed by atoms with E-state index >= 15 is 0 Å². The number of rotatable bonds is 3. The average molecular weight is 390 g/mol. The Labute approximate surface area is 167 Å². The first-order chi connectivity index (χ1) is 14.0. The van der Waals surface area contributed by atoms with E-state index in [1.165, 1.54) is 0 Å². The molecule has 0 radical (unpaired) electrons. The summed E-state index contributed by atoms with van der Waals surface area (Å²) in [5, 5.41) is 4.19. The van der Waals surface area contributed by atoms with E-state index in [4.69, 9.17) is 10.7 Å². The van der Waals surface area contributed by atoms with Crippen LogP contribution in [-0.4, -0.2) is 46.9 Å². The Bertz CT molecular complexity index is 1210. The van der Waals surface area contributed by atoms with Gasteiger partial charge in [0.1, 0.15) is 5.82 Å². The maximum absolute atomic E-state index is 13.2. The Morgan fingerprint density at radius 3 is 2.90 bits per heavy atom. The van der Waals surface area contributed by atoms with E-state index in [2.05, 4.69) is 20.1 Å². The summed E-state index contributed by atoms with van der Waals surface area (Å²) in [6.45, 7) is 4.53. The number of fused-ring (bicyclic) bond motifs is 2. The highest BCUT2D eigenvalue weighted by Gasteiger charge is 2.32. The fourth-order valence-electron chi connectivity index (χ4n) is 4.21. The predicted molar refractivity (Wildman–Crippen MR) is 108 cm³/mol. The highest BCUT2D eigenvalue weighted by atomic mass is 16.2. The van der Waals surface area contributed by atoms with Crippen LogP contribution in [0, 0.1) is 13.8 Å². The molecule has 1 aromatic carbocycles. The molecule has 0 bridgehead atoms. The molecule has 9 nitrogen and oxygen atoms in total. The lowest BCUT2D eigenvalue weighted by Crippen LogP contribution is -2.33. The highest BCUT2D eigenvalue weighted by molar-refractivity contribution is 5.80. The summed E-state index contributed by atoms with van der Waals surface area (Å²) >= 11 is 0. The lowest BCUT2D eigenvalue weighted by atomic mass is 10.1. The number of nitrogens with two attached hydrogens (primary N) is 1. The minimum absolute atomic E-state index is 0.0331. The maximum atomic E-state index is 13.2. The Morgan fingerprint density at radius 1 is 1.24 bits per heavy atom. The van der Waals surface area contributed by atoms with Crippen LogP contribution in [0.25, 0.3) is 16.8 Å². The molecule has 9 heteroatoms. The molecule has 148 valence electrons. The number of hydrogen-bond acceptors (Lipinski definition) is 6. The van der Waals surface area contributed by atoms with Crippen LogP contribution >= 0.6 is 0 Å². The van der Waals surface area contributed by atoms with Crippen molar-refractivity contribution < 1.29 is 4.79 Å². The molecule has 3 aromatic heterocycles. The van der Waals surface area contributed by atoms with Crippen molar-refractivity contribution in [3.8, 4) is 0 Å². The third-order valence-corrected chi connectivity index (χ3v) is 5.69. The van der Waals surface area contributed by atoms with E-state index < -0.39 is 0 Å². The van der Waals surface area contributed by atoms with Crippen molar-refractivity contribution in [1.82, 2.24) is 34.4 Å². The van der Waals surface area contributed by atoms with Crippen LogP contribution in [0.15, 0.2) is 24.3 Å². The standard InChI is InChI=1S/C20H22N8O/c1-11-13(12(2)28-20(22-11)25-19(21)26-28)10-17(29)27-9-5-8-16(27)18-23-14-6-3-4-7-15(14)24-18/h3-4,6-7,16H,5,8-10H2,1-2H3,(H2,21,26)(H,23,24). The van der Waals surface area contributed by atoms with Gasteiger partial charge in [0.25, 0.3) is 5.78 Å². The molecular formula is C20H22N8O. The van der Waals surface area contributed by atoms with E-state index in [1.54, 1.807) is 4.52 Å². The van der Waals surface area contributed by atoms with Gasteiger partial charge in [-0.05, 0) is 38.8 Å². The van der Waals surface area contributed by atoms with Gasteiger partial charge in [-0.1, -0.05) is 12.1 Å². The van der Waals surface area contributed by atoms with Crippen LogP contribution in [0.1, 0.15) is 41.7 Å². The van der Waals surface area contributed by atoms with Crippen LogP contribution in [0.4, 0.5) is 5.95 Å². The number of aromatic nitrogens is 6. The predicted octanol–water partition coefficient (Wildman–Crippen LogP) is 2.11. The van der Waals surface area contributed by atoms with Gasteiger partial charge in [-0.15, -0.1) is 5.10 Å². The second-order valence-corrected chi connectivity index (χ2v) is 7.50. The average Bonchev–Trinajstić information content (AvgIpc) is 3.41. The molecule has 0 spiro atoms. The third-order valence-electron chi connectivity index (χ3n) is 5.69. The minimum Gasteiger partial charge on any atom is -0.366 e. The van der Waals surface area contributed by atoms with E-state index in [0.29, 0.717) is 5.78 Å². The molecule has 1 unspecified atom stereocenters. The van der Waals surface area contributed by atoms with Crippen LogP contribution in [-0.2, 0) is 11.2 Å².